The Bertz CT molecular complexity index is 375. The molecule has 0 bridgehead atoms. The molecule has 5 nitrogen and oxygen atoms in total. The molecule has 94 valence electrons. The van der Waals surface area contributed by atoms with Crippen molar-refractivity contribution in [3.63, 3.8) is 0 Å². The largest absolute Gasteiger partial charge is 0.481 e. The quantitative estimate of drug-likeness (QED) is 0.865. The highest BCUT2D eigenvalue weighted by Crippen LogP contribution is 2.25. The minimum Gasteiger partial charge on any atom is -0.481 e. The molecule has 1 aliphatic rings. The Morgan fingerprint density at radius 3 is 3.18 bits per heavy atom. The zero-order valence-electron chi connectivity index (χ0n) is 9.59. The molecule has 0 radical (unpaired) electrons. The third kappa shape index (κ3) is 4.03. The standard InChI is InChI=1S/C11H16N2O3S/c14-11(15)4-3-9-12-10(16-13-9)6-8-2-1-5-17-7-8/h8H,1-7H2,(H,14,15). The topological polar surface area (TPSA) is 76.2 Å². The Hall–Kier alpha value is -1.04. The number of carboxylic acids is 1. The molecule has 1 atom stereocenters. The third-order valence-electron chi connectivity index (χ3n) is 2.79. The fraction of sp³-hybridized carbons (Fsp3) is 0.727. The van der Waals surface area contributed by atoms with Crippen LogP contribution in [0.25, 0.3) is 0 Å². The van der Waals surface area contributed by atoms with E-state index in [9.17, 15) is 4.79 Å². The summed E-state index contributed by atoms with van der Waals surface area (Å²) in [5, 5.41) is 12.4. The van der Waals surface area contributed by atoms with Gasteiger partial charge in [0, 0.05) is 12.8 Å². The highest BCUT2D eigenvalue weighted by molar-refractivity contribution is 7.99. The summed E-state index contributed by atoms with van der Waals surface area (Å²) in [6.45, 7) is 0. The second kappa shape index (κ2) is 6.05. The van der Waals surface area contributed by atoms with Crippen molar-refractivity contribution in [2.24, 2.45) is 5.92 Å². The Morgan fingerprint density at radius 1 is 1.59 bits per heavy atom. The van der Waals surface area contributed by atoms with Gasteiger partial charge in [-0.15, -0.1) is 0 Å². The number of carbonyl (C=O) groups is 1. The molecule has 0 aromatic carbocycles. The van der Waals surface area contributed by atoms with Gasteiger partial charge in [0.05, 0.1) is 6.42 Å². The lowest BCUT2D eigenvalue weighted by Gasteiger charge is -2.19. The second-order valence-electron chi connectivity index (χ2n) is 4.29. The molecule has 1 aromatic heterocycles. The summed E-state index contributed by atoms with van der Waals surface area (Å²) in [4.78, 5) is 14.6. The van der Waals surface area contributed by atoms with Crippen LogP contribution in [0, 0.1) is 5.92 Å². The van der Waals surface area contributed by atoms with E-state index in [1.807, 2.05) is 11.8 Å². The van der Waals surface area contributed by atoms with Crippen molar-refractivity contribution in [1.82, 2.24) is 10.1 Å². The first-order chi connectivity index (χ1) is 8.24. The highest BCUT2D eigenvalue weighted by Gasteiger charge is 2.17. The van der Waals surface area contributed by atoms with Crippen molar-refractivity contribution in [2.75, 3.05) is 11.5 Å². The van der Waals surface area contributed by atoms with Crippen LogP contribution in [0.4, 0.5) is 0 Å². The normalized spacial score (nSPS) is 20.4. The molecule has 0 amide bonds. The number of nitrogens with zero attached hydrogens (tertiary/aromatic N) is 2. The van der Waals surface area contributed by atoms with Crippen LogP contribution in [0.5, 0.6) is 0 Å². The van der Waals surface area contributed by atoms with Gasteiger partial charge < -0.3 is 9.63 Å². The smallest absolute Gasteiger partial charge is 0.303 e. The van der Waals surface area contributed by atoms with Crippen LogP contribution < -0.4 is 0 Å². The maximum Gasteiger partial charge on any atom is 0.303 e. The molecule has 0 spiro atoms. The number of thioether (sulfide) groups is 1. The fourth-order valence-corrected chi connectivity index (χ4v) is 3.06. The molecule has 0 aliphatic carbocycles. The van der Waals surface area contributed by atoms with Gasteiger partial charge in [0.1, 0.15) is 0 Å². The molecule has 17 heavy (non-hydrogen) atoms. The summed E-state index contributed by atoms with van der Waals surface area (Å²) >= 11 is 1.98. The zero-order chi connectivity index (χ0) is 12.1. The molecule has 1 aromatic rings. The summed E-state index contributed by atoms with van der Waals surface area (Å²) in [6.07, 6.45) is 3.71. The Morgan fingerprint density at radius 2 is 2.47 bits per heavy atom. The van der Waals surface area contributed by atoms with E-state index in [2.05, 4.69) is 10.1 Å². The molecule has 6 heteroatoms. The Kier molecular flexibility index (Phi) is 4.42. The van der Waals surface area contributed by atoms with E-state index in [1.54, 1.807) is 0 Å². The lowest BCUT2D eigenvalue weighted by molar-refractivity contribution is -0.137. The van der Waals surface area contributed by atoms with E-state index in [4.69, 9.17) is 9.63 Å². The molecule has 2 heterocycles. The van der Waals surface area contributed by atoms with Crippen molar-refractivity contribution >= 4 is 17.7 Å². The van der Waals surface area contributed by atoms with E-state index >= 15 is 0 Å². The maximum atomic E-state index is 10.4. The number of carboxylic acid groups (broad SMARTS) is 1. The van der Waals surface area contributed by atoms with Crippen LogP contribution in [0.15, 0.2) is 4.52 Å². The fourth-order valence-electron chi connectivity index (χ4n) is 1.91. The van der Waals surface area contributed by atoms with Crippen LogP contribution in [0.1, 0.15) is 31.0 Å². The van der Waals surface area contributed by atoms with E-state index < -0.39 is 5.97 Å². The predicted octanol–water partition coefficient (Wildman–Crippen LogP) is 1.77. The van der Waals surface area contributed by atoms with Crippen LogP contribution in [0.2, 0.25) is 0 Å². The van der Waals surface area contributed by atoms with Gasteiger partial charge in [-0.25, -0.2) is 0 Å². The predicted molar refractivity (Wildman–Crippen MR) is 64.0 cm³/mol. The van der Waals surface area contributed by atoms with Crippen molar-refractivity contribution in [3.05, 3.63) is 11.7 Å². The molecule has 1 fully saturated rings. The summed E-state index contributed by atoms with van der Waals surface area (Å²) in [5.41, 5.74) is 0. The minimum absolute atomic E-state index is 0.0538. The average Bonchev–Trinajstić information content (AvgIpc) is 2.75. The van der Waals surface area contributed by atoms with E-state index in [0.717, 1.165) is 12.2 Å². The monoisotopic (exact) mass is 256 g/mol. The Balaban J connectivity index is 1.82. The summed E-state index contributed by atoms with van der Waals surface area (Å²) in [5.74, 6) is 3.36. The maximum absolute atomic E-state index is 10.4. The SMILES string of the molecule is O=C(O)CCc1noc(CC2CCCSC2)n1. The lowest BCUT2D eigenvalue weighted by atomic mass is 10.0. The van der Waals surface area contributed by atoms with Crippen LogP contribution >= 0.6 is 11.8 Å². The first kappa shape index (κ1) is 12.4. The summed E-state index contributed by atoms with van der Waals surface area (Å²) < 4.78 is 5.14. The first-order valence-electron chi connectivity index (χ1n) is 5.85. The summed E-state index contributed by atoms with van der Waals surface area (Å²) in [6, 6.07) is 0. The molecule has 1 unspecified atom stereocenters. The number of hydrogen-bond acceptors (Lipinski definition) is 5. The number of rotatable bonds is 5. The molecular formula is C11H16N2O3S. The highest BCUT2D eigenvalue weighted by atomic mass is 32.2. The average molecular weight is 256 g/mol. The number of aromatic nitrogens is 2. The van der Waals surface area contributed by atoms with Gasteiger partial charge in [0.15, 0.2) is 5.82 Å². The van der Waals surface area contributed by atoms with E-state index in [0.29, 0.717) is 24.1 Å². The molecule has 2 rings (SSSR count). The third-order valence-corrected chi connectivity index (χ3v) is 4.07. The van der Waals surface area contributed by atoms with Gasteiger partial charge >= 0.3 is 5.97 Å². The zero-order valence-corrected chi connectivity index (χ0v) is 10.4. The number of hydrogen-bond donors (Lipinski definition) is 1. The van der Waals surface area contributed by atoms with Gasteiger partial charge in [-0.05, 0) is 30.3 Å². The van der Waals surface area contributed by atoms with E-state index in [-0.39, 0.29) is 6.42 Å². The van der Waals surface area contributed by atoms with Crippen molar-refractivity contribution < 1.29 is 14.4 Å². The van der Waals surface area contributed by atoms with Crippen LogP contribution in [-0.4, -0.2) is 32.7 Å². The van der Waals surface area contributed by atoms with Gasteiger partial charge in [-0.3, -0.25) is 4.79 Å². The van der Waals surface area contributed by atoms with E-state index in [1.165, 1.54) is 18.6 Å². The molecule has 0 saturated carbocycles. The van der Waals surface area contributed by atoms with Gasteiger partial charge in [-0.1, -0.05) is 5.16 Å². The Labute approximate surface area is 104 Å². The van der Waals surface area contributed by atoms with Crippen molar-refractivity contribution in [3.8, 4) is 0 Å². The first-order valence-corrected chi connectivity index (χ1v) is 7.00. The van der Waals surface area contributed by atoms with Crippen molar-refractivity contribution in [2.45, 2.75) is 32.1 Å². The van der Waals surface area contributed by atoms with Crippen LogP contribution in [-0.2, 0) is 17.6 Å². The molecule has 1 aliphatic heterocycles. The number of aliphatic carboxylic acids is 1. The second-order valence-corrected chi connectivity index (χ2v) is 5.44. The minimum atomic E-state index is -0.833. The van der Waals surface area contributed by atoms with Gasteiger partial charge in [0.2, 0.25) is 5.89 Å². The van der Waals surface area contributed by atoms with Gasteiger partial charge in [0.25, 0.3) is 0 Å². The summed E-state index contributed by atoms with van der Waals surface area (Å²) in [7, 11) is 0. The van der Waals surface area contributed by atoms with Crippen molar-refractivity contribution in [1.29, 1.82) is 0 Å². The van der Waals surface area contributed by atoms with Crippen LogP contribution in [0.3, 0.4) is 0 Å². The molecule has 1 saturated heterocycles. The molecular weight excluding hydrogens is 240 g/mol. The number of aryl methyl sites for hydroxylation is 1. The molecule has 1 N–H and O–H groups in total. The lowest BCUT2D eigenvalue weighted by Crippen LogP contribution is -2.13. The van der Waals surface area contributed by atoms with Gasteiger partial charge in [-0.2, -0.15) is 16.7 Å².